The van der Waals surface area contributed by atoms with Crippen molar-refractivity contribution < 1.29 is 0 Å². The Labute approximate surface area is 154 Å². The van der Waals surface area contributed by atoms with Gasteiger partial charge in [0.15, 0.2) is 0 Å². The molecule has 1 unspecified atom stereocenters. The molecule has 1 aliphatic rings. The second kappa shape index (κ2) is 8.49. The predicted octanol–water partition coefficient (Wildman–Crippen LogP) is 7.95. The van der Waals surface area contributed by atoms with E-state index in [1.807, 2.05) is 0 Å². The number of rotatable bonds is 5. The first-order valence-corrected chi connectivity index (χ1v) is 10.6. The Balaban J connectivity index is 1.99. The lowest BCUT2D eigenvalue weighted by Crippen LogP contribution is -2.18. The van der Waals surface area contributed by atoms with E-state index in [1.165, 1.54) is 65.0 Å². The molecule has 0 aliphatic heterocycles. The zero-order chi connectivity index (χ0) is 15.4. The summed E-state index contributed by atoms with van der Waals surface area (Å²) >= 11 is 11.4. The number of unbranched alkanes of at least 4 members (excludes halogenated alkanes) is 1. The van der Waals surface area contributed by atoms with Crippen molar-refractivity contribution >= 4 is 47.8 Å². The topological polar surface area (TPSA) is 0 Å². The van der Waals surface area contributed by atoms with Gasteiger partial charge in [0, 0.05) is 13.8 Å². The SMILES string of the molecule is CCCCC1CCC(C(Br)c2cc(Br)c(C)cc2Br)CC1. The lowest BCUT2D eigenvalue weighted by Gasteiger charge is -2.32. The molecule has 118 valence electrons. The van der Waals surface area contributed by atoms with Gasteiger partial charge in [-0.05, 0) is 54.9 Å². The number of hydrogen-bond donors (Lipinski definition) is 0. The molecule has 0 N–H and O–H groups in total. The molecule has 21 heavy (non-hydrogen) atoms. The average Bonchev–Trinajstić information content (AvgIpc) is 2.48. The van der Waals surface area contributed by atoms with Crippen LogP contribution in [0.1, 0.15) is 67.8 Å². The van der Waals surface area contributed by atoms with Crippen molar-refractivity contribution in [3.63, 3.8) is 0 Å². The zero-order valence-electron chi connectivity index (χ0n) is 13.0. The minimum Gasteiger partial charge on any atom is -0.0835 e. The third-order valence-corrected chi connectivity index (χ3v) is 7.63. The molecule has 0 radical (unpaired) electrons. The van der Waals surface area contributed by atoms with Crippen LogP contribution in [0, 0.1) is 18.8 Å². The summed E-state index contributed by atoms with van der Waals surface area (Å²) in [6.45, 7) is 4.44. The fourth-order valence-corrected chi connectivity index (χ4v) is 5.67. The Morgan fingerprint density at radius 3 is 2.38 bits per heavy atom. The molecule has 0 amide bonds. The van der Waals surface area contributed by atoms with E-state index in [2.05, 4.69) is 73.8 Å². The fourth-order valence-electron chi connectivity index (χ4n) is 3.39. The van der Waals surface area contributed by atoms with Gasteiger partial charge in [-0.2, -0.15) is 0 Å². The van der Waals surface area contributed by atoms with Crippen molar-refractivity contribution in [1.82, 2.24) is 0 Å². The summed E-state index contributed by atoms with van der Waals surface area (Å²) in [7, 11) is 0. The Morgan fingerprint density at radius 2 is 1.76 bits per heavy atom. The standard InChI is InChI=1S/C18H25Br3/c1-3-4-5-13-6-8-14(9-7-13)18(21)15-11-16(19)12(2)10-17(15)20/h10-11,13-14,18H,3-9H2,1-2H3. The molecule has 0 bridgehead atoms. The van der Waals surface area contributed by atoms with E-state index in [0.29, 0.717) is 4.83 Å². The van der Waals surface area contributed by atoms with Crippen LogP contribution in [0.15, 0.2) is 21.1 Å². The molecule has 0 heterocycles. The van der Waals surface area contributed by atoms with Crippen LogP contribution >= 0.6 is 47.8 Å². The largest absolute Gasteiger partial charge is 0.0835 e. The van der Waals surface area contributed by atoms with E-state index in [9.17, 15) is 0 Å². The van der Waals surface area contributed by atoms with E-state index in [0.717, 1.165) is 11.8 Å². The van der Waals surface area contributed by atoms with Crippen LogP contribution in [0.3, 0.4) is 0 Å². The van der Waals surface area contributed by atoms with Gasteiger partial charge in [-0.1, -0.05) is 86.8 Å². The minimum atomic E-state index is 0.468. The van der Waals surface area contributed by atoms with Gasteiger partial charge in [0.25, 0.3) is 0 Å². The highest BCUT2D eigenvalue weighted by atomic mass is 79.9. The maximum absolute atomic E-state index is 3.98. The molecule has 0 spiro atoms. The lowest BCUT2D eigenvalue weighted by molar-refractivity contribution is 0.257. The number of halogens is 3. The normalized spacial score (nSPS) is 24.0. The lowest BCUT2D eigenvalue weighted by atomic mass is 9.77. The highest BCUT2D eigenvalue weighted by Crippen LogP contribution is 2.45. The Kier molecular flexibility index (Phi) is 7.28. The Hall–Kier alpha value is 0.660. The van der Waals surface area contributed by atoms with Crippen LogP contribution in [-0.2, 0) is 0 Å². The minimum absolute atomic E-state index is 0.468. The molecule has 1 aliphatic carbocycles. The smallest absolute Gasteiger partial charge is 0.0435 e. The van der Waals surface area contributed by atoms with Crippen molar-refractivity contribution in [2.75, 3.05) is 0 Å². The van der Waals surface area contributed by atoms with Crippen molar-refractivity contribution in [2.45, 2.75) is 63.6 Å². The second-order valence-corrected chi connectivity index (χ2v) is 9.14. The number of aryl methyl sites for hydroxylation is 1. The van der Waals surface area contributed by atoms with Crippen LogP contribution < -0.4 is 0 Å². The summed E-state index contributed by atoms with van der Waals surface area (Å²) in [6, 6.07) is 4.50. The fraction of sp³-hybridized carbons (Fsp3) is 0.667. The quantitative estimate of drug-likeness (QED) is 0.375. The van der Waals surface area contributed by atoms with E-state index in [1.54, 1.807) is 0 Å². The molecule has 0 saturated heterocycles. The molecule has 1 aromatic carbocycles. The van der Waals surface area contributed by atoms with Crippen LogP contribution in [0.25, 0.3) is 0 Å². The van der Waals surface area contributed by atoms with Crippen LogP contribution in [0.4, 0.5) is 0 Å². The highest BCUT2D eigenvalue weighted by molar-refractivity contribution is 9.11. The monoisotopic (exact) mass is 478 g/mol. The van der Waals surface area contributed by atoms with Gasteiger partial charge < -0.3 is 0 Å². The first-order valence-electron chi connectivity index (χ1n) is 8.12. The molecule has 1 fully saturated rings. The van der Waals surface area contributed by atoms with Crippen molar-refractivity contribution in [3.8, 4) is 0 Å². The van der Waals surface area contributed by atoms with Crippen molar-refractivity contribution in [1.29, 1.82) is 0 Å². The number of alkyl halides is 1. The van der Waals surface area contributed by atoms with Crippen LogP contribution in [0.2, 0.25) is 0 Å². The first kappa shape index (κ1) is 18.0. The summed E-state index contributed by atoms with van der Waals surface area (Å²) in [4.78, 5) is 0.468. The summed E-state index contributed by atoms with van der Waals surface area (Å²) in [5.41, 5.74) is 2.68. The molecular weight excluding hydrogens is 456 g/mol. The second-order valence-electron chi connectivity index (χ2n) is 6.45. The van der Waals surface area contributed by atoms with Crippen LogP contribution in [0.5, 0.6) is 0 Å². The van der Waals surface area contributed by atoms with E-state index < -0.39 is 0 Å². The Bertz CT molecular complexity index is 462. The molecule has 2 rings (SSSR count). The van der Waals surface area contributed by atoms with Crippen LogP contribution in [-0.4, -0.2) is 0 Å². The zero-order valence-corrected chi connectivity index (χ0v) is 17.7. The van der Waals surface area contributed by atoms with Gasteiger partial charge in [-0.3, -0.25) is 0 Å². The van der Waals surface area contributed by atoms with Gasteiger partial charge in [0.05, 0.1) is 0 Å². The maximum atomic E-state index is 3.98. The molecule has 1 atom stereocenters. The van der Waals surface area contributed by atoms with Gasteiger partial charge in [-0.15, -0.1) is 0 Å². The first-order chi connectivity index (χ1) is 10.0. The summed E-state index contributed by atoms with van der Waals surface area (Å²) in [5, 5.41) is 0. The third kappa shape index (κ3) is 4.81. The van der Waals surface area contributed by atoms with Gasteiger partial charge >= 0.3 is 0 Å². The molecular formula is C18H25Br3. The Morgan fingerprint density at radius 1 is 1.10 bits per heavy atom. The molecule has 3 heteroatoms. The predicted molar refractivity (Wildman–Crippen MR) is 103 cm³/mol. The van der Waals surface area contributed by atoms with Crippen molar-refractivity contribution in [3.05, 3.63) is 32.2 Å². The average molecular weight is 481 g/mol. The summed E-state index contributed by atoms with van der Waals surface area (Å²) in [5.74, 6) is 1.75. The molecule has 1 aromatic rings. The van der Waals surface area contributed by atoms with Gasteiger partial charge in [0.2, 0.25) is 0 Å². The van der Waals surface area contributed by atoms with E-state index >= 15 is 0 Å². The highest BCUT2D eigenvalue weighted by Gasteiger charge is 2.28. The van der Waals surface area contributed by atoms with Gasteiger partial charge in [-0.25, -0.2) is 0 Å². The van der Waals surface area contributed by atoms with Crippen molar-refractivity contribution in [2.24, 2.45) is 11.8 Å². The third-order valence-electron chi connectivity index (χ3n) is 4.85. The summed E-state index contributed by atoms with van der Waals surface area (Å²) in [6.07, 6.45) is 9.74. The summed E-state index contributed by atoms with van der Waals surface area (Å²) < 4.78 is 2.44. The molecule has 1 saturated carbocycles. The van der Waals surface area contributed by atoms with E-state index in [-0.39, 0.29) is 0 Å². The number of hydrogen-bond acceptors (Lipinski definition) is 0. The maximum Gasteiger partial charge on any atom is 0.0435 e. The van der Waals surface area contributed by atoms with Gasteiger partial charge in [0.1, 0.15) is 0 Å². The molecule has 0 aromatic heterocycles. The molecule has 0 nitrogen and oxygen atoms in total. The van der Waals surface area contributed by atoms with E-state index in [4.69, 9.17) is 0 Å². The number of benzene rings is 1.